The van der Waals surface area contributed by atoms with Crippen LogP contribution < -0.4 is 11.1 Å². The number of nitrogens with one attached hydrogen (secondary N) is 1. The van der Waals surface area contributed by atoms with Gasteiger partial charge in [-0.1, -0.05) is 0 Å². The fraction of sp³-hybridized carbons (Fsp3) is 0.429. The van der Waals surface area contributed by atoms with E-state index in [1.165, 1.54) is 11.3 Å². The summed E-state index contributed by atoms with van der Waals surface area (Å²) in [6.45, 7) is 2.25. The third-order valence-corrected chi connectivity index (χ3v) is 2.45. The number of amides is 1. The van der Waals surface area contributed by atoms with Crippen LogP contribution in [0, 0.1) is 6.92 Å². The van der Waals surface area contributed by atoms with E-state index in [2.05, 4.69) is 10.3 Å². The van der Waals surface area contributed by atoms with Gasteiger partial charge in [0.2, 0.25) is 0 Å². The highest BCUT2D eigenvalue weighted by atomic mass is 32.1. The maximum atomic E-state index is 11.2. The molecule has 12 heavy (non-hydrogen) atoms. The third kappa shape index (κ3) is 1.62. The maximum absolute atomic E-state index is 11.2. The second-order valence-electron chi connectivity index (χ2n) is 2.30. The van der Waals surface area contributed by atoms with E-state index in [0.717, 1.165) is 9.88 Å². The number of rotatable bonds is 2. The van der Waals surface area contributed by atoms with Crippen LogP contribution in [0.2, 0.25) is 0 Å². The molecule has 0 bridgehead atoms. The molecule has 0 aliphatic heterocycles. The number of thiazole rings is 1. The monoisotopic (exact) mass is 185 g/mol. The molecule has 0 unspecified atom stereocenters. The molecular weight excluding hydrogens is 174 g/mol. The summed E-state index contributed by atoms with van der Waals surface area (Å²) in [4.78, 5) is 16.1. The molecule has 0 aliphatic rings. The van der Waals surface area contributed by atoms with Gasteiger partial charge in [0, 0.05) is 18.5 Å². The van der Waals surface area contributed by atoms with Gasteiger partial charge in [-0.05, 0) is 6.92 Å². The summed E-state index contributed by atoms with van der Waals surface area (Å²) in [5.74, 6) is -0.150. The Labute approximate surface area is 74.8 Å². The third-order valence-electron chi connectivity index (χ3n) is 1.46. The zero-order chi connectivity index (χ0) is 9.14. The molecule has 0 aromatic carbocycles. The van der Waals surface area contributed by atoms with Crippen LogP contribution in [0.25, 0.3) is 0 Å². The lowest BCUT2D eigenvalue weighted by Crippen LogP contribution is -2.19. The number of aryl methyl sites for hydroxylation is 1. The van der Waals surface area contributed by atoms with E-state index in [-0.39, 0.29) is 5.91 Å². The summed E-state index contributed by atoms with van der Waals surface area (Å²) in [6.07, 6.45) is 0. The predicted molar refractivity (Wildman–Crippen MR) is 48.1 cm³/mol. The Bertz CT molecular complexity index is 295. The fourth-order valence-corrected chi connectivity index (χ4v) is 1.68. The van der Waals surface area contributed by atoms with Crippen molar-refractivity contribution in [3.63, 3.8) is 0 Å². The Balaban J connectivity index is 2.99. The summed E-state index contributed by atoms with van der Waals surface area (Å²) in [7, 11) is 1.59. The Hall–Kier alpha value is -0.940. The number of aromatic nitrogens is 1. The number of carbonyl (C=O) groups is 1. The van der Waals surface area contributed by atoms with Gasteiger partial charge in [-0.25, -0.2) is 4.98 Å². The van der Waals surface area contributed by atoms with E-state index in [4.69, 9.17) is 5.73 Å². The first-order valence-corrected chi connectivity index (χ1v) is 4.39. The summed E-state index contributed by atoms with van der Waals surface area (Å²) < 4.78 is 0. The van der Waals surface area contributed by atoms with Crippen LogP contribution in [0.5, 0.6) is 0 Å². The van der Waals surface area contributed by atoms with Gasteiger partial charge in [-0.2, -0.15) is 0 Å². The molecule has 0 atom stereocenters. The smallest absolute Gasteiger partial charge is 0.270 e. The Morgan fingerprint density at radius 3 is 2.83 bits per heavy atom. The van der Waals surface area contributed by atoms with E-state index < -0.39 is 0 Å². The largest absolute Gasteiger partial charge is 0.354 e. The molecule has 1 aromatic heterocycles. The summed E-state index contributed by atoms with van der Waals surface area (Å²) in [6, 6.07) is 0. The molecule has 1 heterocycles. The van der Waals surface area contributed by atoms with Crippen molar-refractivity contribution in [1.29, 1.82) is 0 Å². The first kappa shape index (κ1) is 9.15. The fourth-order valence-electron chi connectivity index (χ4n) is 0.868. The predicted octanol–water partition coefficient (Wildman–Crippen LogP) is 0.270. The minimum atomic E-state index is -0.150. The summed E-state index contributed by atoms with van der Waals surface area (Å²) in [5, 5.41) is 3.32. The lowest BCUT2D eigenvalue weighted by atomic mass is 10.3. The van der Waals surface area contributed by atoms with Crippen LogP contribution in [-0.2, 0) is 6.54 Å². The average molecular weight is 185 g/mol. The zero-order valence-corrected chi connectivity index (χ0v) is 7.86. The first-order chi connectivity index (χ1) is 5.69. The van der Waals surface area contributed by atoms with Gasteiger partial charge in [-0.3, -0.25) is 4.79 Å². The van der Waals surface area contributed by atoms with Crippen molar-refractivity contribution in [3.05, 3.63) is 15.6 Å². The van der Waals surface area contributed by atoms with Crippen molar-refractivity contribution in [2.75, 3.05) is 7.05 Å². The highest BCUT2D eigenvalue weighted by Crippen LogP contribution is 2.16. The second-order valence-corrected chi connectivity index (χ2v) is 3.58. The average Bonchev–Trinajstić information content (AvgIpc) is 2.45. The highest BCUT2D eigenvalue weighted by Gasteiger charge is 2.12. The van der Waals surface area contributed by atoms with Crippen LogP contribution in [0.4, 0.5) is 0 Å². The normalized spacial score (nSPS) is 9.92. The molecule has 0 spiro atoms. The summed E-state index contributed by atoms with van der Waals surface area (Å²) >= 11 is 1.46. The van der Waals surface area contributed by atoms with Crippen molar-refractivity contribution in [2.45, 2.75) is 13.5 Å². The van der Waals surface area contributed by atoms with E-state index in [0.29, 0.717) is 12.2 Å². The molecule has 0 aliphatic carbocycles. The van der Waals surface area contributed by atoms with Gasteiger partial charge in [0.1, 0.15) is 10.7 Å². The topological polar surface area (TPSA) is 68.0 Å². The molecule has 0 radical (unpaired) electrons. The van der Waals surface area contributed by atoms with Crippen molar-refractivity contribution in [3.8, 4) is 0 Å². The number of hydrogen-bond acceptors (Lipinski definition) is 4. The molecule has 1 aromatic rings. The highest BCUT2D eigenvalue weighted by molar-refractivity contribution is 7.11. The molecule has 4 nitrogen and oxygen atoms in total. The second kappa shape index (κ2) is 3.64. The van der Waals surface area contributed by atoms with Gasteiger partial charge in [0.25, 0.3) is 5.91 Å². The lowest BCUT2D eigenvalue weighted by Gasteiger charge is -1.93. The maximum Gasteiger partial charge on any atom is 0.270 e. The van der Waals surface area contributed by atoms with Gasteiger partial charge in [0.15, 0.2) is 0 Å². The zero-order valence-electron chi connectivity index (χ0n) is 7.05. The molecule has 66 valence electrons. The van der Waals surface area contributed by atoms with Gasteiger partial charge in [0.05, 0.1) is 0 Å². The van der Waals surface area contributed by atoms with Crippen LogP contribution in [0.15, 0.2) is 0 Å². The molecular formula is C7H11N3OS. The van der Waals surface area contributed by atoms with Crippen LogP contribution >= 0.6 is 11.3 Å². The number of nitrogens with zero attached hydrogens (tertiary/aromatic N) is 1. The van der Waals surface area contributed by atoms with Crippen molar-refractivity contribution < 1.29 is 4.79 Å². The standard InChI is InChI=1S/C7H11N3OS/c1-4-6(7(11)9-2)10-5(3-8)12-4/h3,8H2,1-2H3,(H,9,11). The Morgan fingerprint density at radius 2 is 2.42 bits per heavy atom. The van der Waals surface area contributed by atoms with Crippen molar-refractivity contribution >= 4 is 17.2 Å². The minimum Gasteiger partial charge on any atom is -0.354 e. The summed E-state index contributed by atoms with van der Waals surface area (Å²) in [5.41, 5.74) is 5.88. The minimum absolute atomic E-state index is 0.150. The molecule has 1 amide bonds. The molecule has 3 N–H and O–H groups in total. The lowest BCUT2D eigenvalue weighted by molar-refractivity contribution is 0.0958. The van der Waals surface area contributed by atoms with Crippen molar-refractivity contribution in [1.82, 2.24) is 10.3 Å². The van der Waals surface area contributed by atoms with Gasteiger partial charge >= 0.3 is 0 Å². The van der Waals surface area contributed by atoms with E-state index in [9.17, 15) is 4.79 Å². The van der Waals surface area contributed by atoms with E-state index >= 15 is 0 Å². The first-order valence-electron chi connectivity index (χ1n) is 3.57. The van der Waals surface area contributed by atoms with Gasteiger partial charge < -0.3 is 11.1 Å². The molecule has 0 saturated carbocycles. The quantitative estimate of drug-likeness (QED) is 0.695. The van der Waals surface area contributed by atoms with Crippen LogP contribution in [0.3, 0.4) is 0 Å². The number of carbonyl (C=O) groups excluding carboxylic acids is 1. The van der Waals surface area contributed by atoms with Crippen molar-refractivity contribution in [2.24, 2.45) is 5.73 Å². The SMILES string of the molecule is CNC(=O)c1nc(CN)sc1C. The molecule has 5 heteroatoms. The Morgan fingerprint density at radius 1 is 1.75 bits per heavy atom. The van der Waals surface area contributed by atoms with Gasteiger partial charge in [-0.15, -0.1) is 11.3 Å². The van der Waals surface area contributed by atoms with E-state index in [1.54, 1.807) is 7.05 Å². The number of hydrogen-bond donors (Lipinski definition) is 2. The van der Waals surface area contributed by atoms with Crippen LogP contribution in [0.1, 0.15) is 20.4 Å². The molecule has 1 rings (SSSR count). The van der Waals surface area contributed by atoms with E-state index in [1.807, 2.05) is 6.92 Å². The molecule has 0 fully saturated rings. The van der Waals surface area contributed by atoms with Crippen LogP contribution in [-0.4, -0.2) is 17.9 Å². The Kier molecular flexibility index (Phi) is 2.78. The molecule has 0 saturated heterocycles. The number of nitrogens with two attached hydrogens (primary N) is 1.